The first kappa shape index (κ1) is 15.2. The molecular weight excluding hydrogens is 250 g/mol. The molecule has 1 saturated carbocycles. The second-order valence-corrected chi connectivity index (χ2v) is 5.62. The van der Waals surface area contributed by atoms with Crippen LogP contribution in [-0.4, -0.2) is 19.8 Å². The maximum atomic E-state index is 6.35. The van der Waals surface area contributed by atoms with Gasteiger partial charge < -0.3 is 15.2 Å². The molecule has 0 bridgehead atoms. The molecule has 3 heteroatoms. The Labute approximate surface area is 122 Å². The van der Waals surface area contributed by atoms with Crippen molar-refractivity contribution < 1.29 is 9.47 Å². The third kappa shape index (κ3) is 3.66. The Hall–Kier alpha value is -1.22. The Morgan fingerprint density at radius 2 is 2.05 bits per heavy atom. The SMILES string of the molecule is CCC1CCCCC1Oc1cc(OC)ccc1CCN. The van der Waals surface area contributed by atoms with Crippen LogP contribution in [0.25, 0.3) is 0 Å². The van der Waals surface area contributed by atoms with Gasteiger partial charge in [-0.25, -0.2) is 0 Å². The summed E-state index contributed by atoms with van der Waals surface area (Å²) in [5.41, 5.74) is 6.89. The van der Waals surface area contributed by atoms with Crippen molar-refractivity contribution in [3.8, 4) is 11.5 Å². The standard InChI is InChI=1S/C17H27NO2/c1-3-13-6-4-5-7-16(13)20-17-12-15(19-2)9-8-14(17)10-11-18/h8-9,12-13,16H,3-7,10-11,18H2,1-2H3. The number of nitrogens with two attached hydrogens (primary N) is 1. The summed E-state index contributed by atoms with van der Waals surface area (Å²) in [6.07, 6.45) is 7.46. The fourth-order valence-electron chi connectivity index (χ4n) is 3.09. The van der Waals surface area contributed by atoms with Crippen molar-refractivity contribution in [1.29, 1.82) is 0 Å². The summed E-state index contributed by atoms with van der Waals surface area (Å²) in [4.78, 5) is 0. The van der Waals surface area contributed by atoms with Gasteiger partial charge in [0.15, 0.2) is 0 Å². The van der Waals surface area contributed by atoms with Gasteiger partial charge >= 0.3 is 0 Å². The van der Waals surface area contributed by atoms with Gasteiger partial charge in [0.2, 0.25) is 0 Å². The molecule has 112 valence electrons. The van der Waals surface area contributed by atoms with Crippen molar-refractivity contribution in [3.63, 3.8) is 0 Å². The molecule has 1 aromatic carbocycles. The van der Waals surface area contributed by atoms with E-state index in [1.165, 1.54) is 31.2 Å². The van der Waals surface area contributed by atoms with Crippen LogP contribution >= 0.6 is 0 Å². The zero-order valence-corrected chi connectivity index (χ0v) is 12.7. The van der Waals surface area contributed by atoms with Gasteiger partial charge in [-0.05, 0) is 56.2 Å². The lowest BCUT2D eigenvalue weighted by Gasteiger charge is -2.32. The Balaban J connectivity index is 2.16. The molecule has 1 aliphatic rings. The van der Waals surface area contributed by atoms with Gasteiger partial charge in [-0.1, -0.05) is 19.4 Å². The Morgan fingerprint density at radius 3 is 2.75 bits per heavy atom. The van der Waals surface area contributed by atoms with Gasteiger partial charge in [-0.3, -0.25) is 0 Å². The molecule has 2 atom stereocenters. The number of ether oxygens (including phenoxy) is 2. The van der Waals surface area contributed by atoms with Crippen LogP contribution in [0, 0.1) is 5.92 Å². The first-order chi connectivity index (χ1) is 9.78. The zero-order chi connectivity index (χ0) is 14.4. The van der Waals surface area contributed by atoms with E-state index in [0.717, 1.165) is 24.3 Å². The van der Waals surface area contributed by atoms with Crippen molar-refractivity contribution in [2.24, 2.45) is 11.7 Å². The molecular formula is C17H27NO2. The fraction of sp³-hybridized carbons (Fsp3) is 0.647. The topological polar surface area (TPSA) is 44.5 Å². The van der Waals surface area contributed by atoms with E-state index in [2.05, 4.69) is 13.0 Å². The van der Waals surface area contributed by atoms with E-state index in [9.17, 15) is 0 Å². The highest BCUT2D eigenvalue weighted by Gasteiger charge is 2.26. The summed E-state index contributed by atoms with van der Waals surface area (Å²) in [5.74, 6) is 2.49. The summed E-state index contributed by atoms with van der Waals surface area (Å²) in [6, 6.07) is 6.06. The third-order valence-corrected chi connectivity index (χ3v) is 4.33. The maximum absolute atomic E-state index is 6.35. The minimum absolute atomic E-state index is 0.345. The second-order valence-electron chi connectivity index (χ2n) is 5.62. The van der Waals surface area contributed by atoms with Crippen molar-refractivity contribution in [2.45, 2.75) is 51.6 Å². The molecule has 2 unspecified atom stereocenters. The van der Waals surface area contributed by atoms with E-state index < -0.39 is 0 Å². The van der Waals surface area contributed by atoms with Gasteiger partial charge in [0.05, 0.1) is 7.11 Å². The minimum atomic E-state index is 0.345. The third-order valence-electron chi connectivity index (χ3n) is 4.33. The molecule has 0 saturated heterocycles. The van der Waals surface area contributed by atoms with E-state index in [0.29, 0.717) is 18.6 Å². The molecule has 0 spiro atoms. The quantitative estimate of drug-likeness (QED) is 0.865. The summed E-state index contributed by atoms with van der Waals surface area (Å²) in [5, 5.41) is 0. The Morgan fingerprint density at radius 1 is 1.25 bits per heavy atom. The summed E-state index contributed by atoms with van der Waals surface area (Å²) >= 11 is 0. The van der Waals surface area contributed by atoms with Gasteiger partial charge in [0, 0.05) is 6.07 Å². The Bertz CT molecular complexity index is 419. The lowest BCUT2D eigenvalue weighted by Crippen LogP contribution is -2.30. The van der Waals surface area contributed by atoms with Crippen LogP contribution in [0.1, 0.15) is 44.6 Å². The van der Waals surface area contributed by atoms with E-state index in [-0.39, 0.29) is 0 Å². The largest absolute Gasteiger partial charge is 0.497 e. The second kappa shape index (κ2) is 7.53. The van der Waals surface area contributed by atoms with Crippen molar-refractivity contribution in [2.75, 3.05) is 13.7 Å². The van der Waals surface area contributed by atoms with Gasteiger partial charge in [-0.15, -0.1) is 0 Å². The minimum Gasteiger partial charge on any atom is -0.497 e. The molecule has 2 N–H and O–H groups in total. The first-order valence-electron chi connectivity index (χ1n) is 7.82. The molecule has 1 aliphatic carbocycles. The van der Waals surface area contributed by atoms with Crippen LogP contribution in [-0.2, 0) is 6.42 Å². The summed E-state index contributed by atoms with van der Waals surface area (Å²) in [6.45, 7) is 2.91. The lowest BCUT2D eigenvalue weighted by molar-refractivity contribution is 0.0892. The molecule has 0 aliphatic heterocycles. The normalized spacial score (nSPS) is 22.6. The van der Waals surface area contributed by atoms with E-state index in [4.69, 9.17) is 15.2 Å². The number of hydrogen-bond acceptors (Lipinski definition) is 3. The predicted octanol–water partition coefficient (Wildman–Crippen LogP) is 3.54. The highest BCUT2D eigenvalue weighted by atomic mass is 16.5. The smallest absolute Gasteiger partial charge is 0.126 e. The predicted molar refractivity (Wildman–Crippen MR) is 82.4 cm³/mol. The summed E-state index contributed by atoms with van der Waals surface area (Å²) in [7, 11) is 1.69. The average molecular weight is 277 g/mol. The highest BCUT2D eigenvalue weighted by Crippen LogP contribution is 2.33. The average Bonchev–Trinajstić information content (AvgIpc) is 2.49. The van der Waals surface area contributed by atoms with Crippen LogP contribution in [0.2, 0.25) is 0 Å². The molecule has 0 heterocycles. The van der Waals surface area contributed by atoms with E-state index >= 15 is 0 Å². The molecule has 0 aromatic heterocycles. The van der Waals surface area contributed by atoms with Gasteiger partial charge in [0.1, 0.15) is 17.6 Å². The van der Waals surface area contributed by atoms with Crippen LogP contribution < -0.4 is 15.2 Å². The van der Waals surface area contributed by atoms with Crippen LogP contribution in [0.5, 0.6) is 11.5 Å². The summed E-state index contributed by atoms with van der Waals surface area (Å²) < 4.78 is 11.7. The lowest BCUT2D eigenvalue weighted by atomic mass is 9.84. The molecule has 3 nitrogen and oxygen atoms in total. The zero-order valence-electron chi connectivity index (χ0n) is 12.7. The molecule has 0 radical (unpaired) electrons. The molecule has 2 rings (SSSR count). The number of hydrogen-bond donors (Lipinski definition) is 1. The number of rotatable bonds is 6. The highest BCUT2D eigenvalue weighted by molar-refractivity contribution is 5.41. The molecule has 0 amide bonds. The first-order valence-corrected chi connectivity index (χ1v) is 7.82. The van der Waals surface area contributed by atoms with Crippen molar-refractivity contribution in [1.82, 2.24) is 0 Å². The van der Waals surface area contributed by atoms with E-state index in [1.54, 1.807) is 7.11 Å². The fourth-order valence-corrected chi connectivity index (χ4v) is 3.09. The maximum Gasteiger partial charge on any atom is 0.126 e. The van der Waals surface area contributed by atoms with Crippen molar-refractivity contribution >= 4 is 0 Å². The van der Waals surface area contributed by atoms with Crippen LogP contribution in [0.4, 0.5) is 0 Å². The van der Waals surface area contributed by atoms with Gasteiger partial charge in [-0.2, -0.15) is 0 Å². The molecule has 1 aromatic rings. The van der Waals surface area contributed by atoms with Crippen LogP contribution in [0.3, 0.4) is 0 Å². The van der Waals surface area contributed by atoms with Crippen LogP contribution in [0.15, 0.2) is 18.2 Å². The monoisotopic (exact) mass is 277 g/mol. The molecule has 20 heavy (non-hydrogen) atoms. The van der Waals surface area contributed by atoms with Crippen molar-refractivity contribution in [3.05, 3.63) is 23.8 Å². The van der Waals surface area contributed by atoms with E-state index in [1.807, 2.05) is 12.1 Å². The Kier molecular flexibility index (Phi) is 5.72. The number of methoxy groups -OCH3 is 1. The molecule has 1 fully saturated rings. The van der Waals surface area contributed by atoms with Gasteiger partial charge in [0.25, 0.3) is 0 Å². The number of benzene rings is 1.